The molecule has 2 N–H and O–H groups in total. The van der Waals surface area contributed by atoms with E-state index in [0.29, 0.717) is 24.8 Å². The highest BCUT2D eigenvalue weighted by molar-refractivity contribution is 5.74. The van der Waals surface area contributed by atoms with Gasteiger partial charge in [0.25, 0.3) is 0 Å². The third-order valence-corrected chi connectivity index (χ3v) is 4.01. The highest BCUT2D eigenvalue weighted by Crippen LogP contribution is 2.32. The fourth-order valence-corrected chi connectivity index (χ4v) is 2.39. The van der Waals surface area contributed by atoms with Gasteiger partial charge in [-0.25, -0.2) is 4.79 Å². The van der Waals surface area contributed by atoms with Crippen LogP contribution in [0.4, 0.5) is 4.79 Å². The number of amides is 2. The summed E-state index contributed by atoms with van der Waals surface area (Å²) < 4.78 is 0. The van der Waals surface area contributed by atoms with Gasteiger partial charge in [-0.1, -0.05) is 6.42 Å². The highest BCUT2D eigenvalue weighted by atomic mass is 16.4. The molecule has 19 heavy (non-hydrogen) atoms. The van der Waals surface area contributed by atoms with Crippen LogP contribution in [0.25, 0.3) is 0 Å². The number of carboxylic acid groups (broad SMARTS) is 1. The Labute approximate surface area is 114 Å². The number of hydrogen-bond donors (Lipinski definition) is 2. The Morgan fingerprint density at radius 1 is 1.11 bits per heavy atom. The van der Waals surface area contributed by atoms with E-state index in [1.54, 1.807) is 0 Å². The van der Waals surface area contributed by atoms with Crippen molar-refractivity contribution in [2.24, 2.45) is 11.8 Å². The Morgan fingerprint density at radius 2 is 1.74 bits per heavy atom. The van der Waals surface area contributed by atoms with Crippen LogP contribution < -0.4 is 5.32 Å². The van der Waals surface area contributed by atoms with E-state index < -0.39 is 5.97 Å². The number of carboxylic acids is 1. The third kappa shape index (κ3) is 5.09. The van der Waals surface area contributed by atoms with Crippen LogP contribution in [0, 0.1) is 11.8 Å². The van der Waals surface area contributed by atoms with Crippen molar-refractivity contribution >= 4 is 12.0 Å². The lowest BCUT2D eigenvalue weighted by Gasteiger charge is -2.32. The van der Waals surface area contributed by atoms with Gasteiger partial charge in [-0.05, 0) is 43.9 Å². The minimum Gasteiger partial charge on any atom is -0.481 e. The molecular formula is C14H24N2O3. The smallest absolute Gasteiger partial charge is 0.317 e. The summed E-state index contributed by atoms with van der Waals surface area (Å²) in [6.45, 7) is 2.21. The molecule has 108 valence electrons. The first-order chi connectivity index (χ1) is 9.15. The van der Waals surface area contributed by atoms with E-state index in [1.165, 1.54) is 32.1 Å². The molecule has 2 fully saturated rings. The van der Waals surface area contributed by atoms with Crippen molar-refractivity contribution < 1.29 is 14.7 Å². The second-order valence-electron chi connectivity index (χ2n) is 5.87. The van der Waals surface area contributed by atoms with Gasteiger partial charge >= 0.3 is 12.0 Å². The first kappa shape index (κ1) is 14.2. The fraction of sp³-hybridized carbons (Fsp3) is 0.857. The number of nitrogens with zero attached hydrogens (tertiary/aromatic N) is 1. The molecule has 0 heterocycles. The molecule has 0 bridgehead atoms. The largest absolute Gasteiger partial charge is 0.481 e. The molecule has 0 aromatic heterocycles. The van der Waals surface area contributed by atoms with Gasteiger partial charge in [-0.15, -0.1) is 0 Å². The molecule has 2 amide bonds. The predicted octanol–water partition coefficient (Wildman–Crippen LogP) is 2.07. The van der Waals surface area contributed by atoms with Crippen LogP contribution >= 0.6 is 0 Å². The summed E-state index contributed by atoms with van der Waals surface area (Å²) in [6.07, 6.45) is 6.89. The zero-order valence-corrected chi connectivity index (χ0v) is 11.4. The molecule has 5 nitrogen and oxygen atoms in total. The predicted molar refractivity (Wildman–Crippen MR) is 71.9 cm³/mol. The molecule has 0 radical (unpaired) electrons. The molecule has 0 atom stereocenters. The van der Waals surface area contributed by atoms with E-state index >= 15 is 0 Å². The summed E-state index contributed by atoms with van der Waals surface area (Å²) in [5.41, 5.74) is 0. The van der Waals surface area contributed by atoms with Gasteiger partial charge in [0.15, 0.2) is 0 Å². The van der Waals surface area contributed by atoms with Crippen LogP contribution in [0.5, 0.6) is 0 Å². The zero-order valence-electron chi connectivity index (χ0n) is 11.4. The molecule has 2 aliphatic carbocycles. The Bertz CT molecular complexity index is 325. The minimum atomic E-state index is -0.807. The molecule has 0 spiro atoms. The summed E-state index contributed by atoms with van der Waals surface area (Å²) in [4.78, 5) is 24.4. The number of hydrogen-bond acceptors (Lipinski definition) is 2. The first-order valence-corrected chi connectivity index (χ1v) is 7.39. The standard InChI is InChI=1S/C14H24N2O3/c17-13(18)5-2-8-15-14(19)16(10-12-6-7-12)9-11-3-1-4-11/h11-12H,1-10H2,(H,15,19)(H,17,18). The Morgan fingerprint density at radius 3 is 2.21 bits per heavy atom. The number of rotatable bonds is 8. The molecule has 5 heteroatoms. The number of carbonyl (C=O) groups is 2. The lowest BCUT2D eigenvalue weighted by atomic mass is 9.85. The van der Waals surface area contributed by atoms with Crippen LogP contribution in [-0.4, -0.2) is 41.6 Å². The summed E-state index contributed by atoms with van der Waals surface area (Å²) in [5.74, 6) is 0.576. The average Bonchev–Trinajstić information content (AvgIpc) is 3.11. The van der Waals surface area contributed by atoms with Crippen molar-refractivity contribution in [3.05, 3.63) is 0 Å². The highest BCUT2D eigenvalue weighted by Gasteiger charge is 2.29. The van der Waals surface area contributed by atoms with Gasteiger partial charge in [-0.2, -0.15) is 0 Å². The van der Waals surface area contributed by atoms with Gasteiger partial charge in [0, 0.05) is 26.1 Å². The third-order valence-electron chi connectivity index (χ3n) is 4.01. The molecule has 2 aliphatic rings. The van der Waals surface area contributed by atoms with Crippen molar-refractivity contribution in [1.29, 1.82) is 0 Å². The molecule has 0 saturated heterocycles. The van der Waals surface area contributed by atoms with E-state index in [1.807, 2.05) is 4.90 Å². The van der Waals surface area contributed by atoms with Crippen molar-refractivity contribution in [3.63, 3.8) is 0 Å². The quantitative estimate of drug-likeness (QED) is 0.662. The molecule has 0 unspecified atom stereocenters. The zero-order chi connectivity index (χ0) is 13.7. The molecule has 0 aromatic carbocycles. The maximum Gasteiger partial charge on any atom is 0.317 e. The lowest BCUT2D eigenvalue weighted by Crippen LogP contribution is -2.44. The number of aliphatic carboxylic acids is 1. The molecule has 0 aliphatic heterocycles. The van der Waals surface area contributed by atoms with E-state index in [4.69, 9.17) is 5.11 Å². The number of urea groups is 1. The molecule has 2 saturated carbocycles. The fourth-order valence-electron chi connectivity index (χ4n) is 2.39. The Balaban J connectivity index is 1.68. The van der Waals surface area contributed by atoms with Gasteiger partial charge < -0.3 is 15.3 Å². The van der Waals surface area contributed by atoms with Gasteiger partial charge in [0.2, 0.25) is 0 Å². The SMILES string of the molecule is O=C(O)CCCNC(=O)N(CC1CCC1)CC1CC1. The Hall–Kier alpha value is -1.26. The maximum atomic E-state index is 12.1. The summed E-state index contributed by atoms with van der Waals surface area (Å²) in [7, 11) is 0. The monoisotopic (exact) mass is 268 g/mol. The number of carbonyl (C=O) groups excluding carboxylic acids is 1. The normalized spacial score (nSPS) is 18.7. The van der Waals surface area contributed by atoms with E-state index in [0.717, 1.165) is 13.1 Å². The van der Waals surface area contributed by atoms with E-state index in [2.05, 4.69) is 5.32 Å². The van der Waals surface area contributed by atoms with Gasteiger partial charge in [0.05, 0.1) is 0 Å². The van der Waals surface area contributed by atoms with Crippen LogP contribution in [-0.2, 0) is 4.79 Å². The van der Waals surface area contributed by atoms with Crippen LogP contribution in [0.1, 0.15) is 44.9 Å². The number of nitrogens with one attached hydrogen (secondary N) is 1. The molecule has 2 rings (SSSR count). The van der Waals surface area contributed by atoms with E-state index in [9.17, 15) is 9.59 Å². The second-order valence-corrected chi connectivity index (χ2v) is 5.87. The lowest BCUT2D eigenvalue weighted by molar-refractivity contribution is -0.137. The Kier molecular flexibility index (Phi) is 5.05. The average molecular weight is 268 g/mol. The van der Waals surface area contributed by atoms with Gasteiger partial charge in [0.1, 0.15) is 0 Å². The first-order valence-electron chi connectivity index (χ1n) is 7.39. The van der Waals surface area contributed by atoms with Gasteiger partial charge in [-0.3, -0.25) is 4.79 Å². The molecular weight excluding hydrogens is 244 g/mol. The second kappa shape index (κ2) is 6.78. The van der Waals surface area contributed by atoms with Crippen molar-refractivity contribution in [1.82, 2.24) is 10.2 Å². The maximum absolute atomic E-state index is 12.1. The van der Waals surface area contributed by atoms with Crippen LogP contribution in [0.2, 0.25) is 0 Å². The molecule has 0 aromatic rings. The van der Waals surface area contributed by atoms with Crippen molar-refractivity contribution in [3.8, 4) is 0 Å². The summed E-state index contributed by atoms with van der Waals surface area (Å²) in [6, 6.07) is -0.0100. The van der Waals surface area contributed by atoms with Crippen molar-refractivity contribution in [2.45, 2.75) is 44.9 Å². The van der Waals surface area contributed by atoms with Crippen LogP contribution in [0.3, 0.4) is 0 Å². The summed E-state index contributed by atoms with van der Waals surface area (Å²) >= 11 is 0. The van der Waals surface area contributed by atoms with Crippen molar-refractivity contribution in [2.75, 3.05) is 19.6 Å². The van der Waals surface area contributed by atoms with E-state index in [-0.39, 0.29) is 12.5 Å². The topological polar surface area (TPSA) is 69.6 Å². The minimum absolute atomic E-state index is 0.0100. The summed E-state index contributed by atoms with van der Waals surface area (Å²) in [5, 5.41) is 11.4. The van der Waals surface area contributed by atoms with Crippen LogP contribution in [0.15, 0.2) is 0 Å².